The van der Waals surface area contributed by atoms with Gasteiger partial charge in [0.1, 0.15) is 0 Å². The van der Waals surface area contributed by atoms with E-state index in [0.29, 0.717) is 63.2 Å². The van der Waals surface area contributed by atoms with E-state index in [4.69, 9.17) is 59.8 Å². The molecule has 0 spiro atoms. The first-order valence-electron chi connectivity index (χ1n) is 39.4. The van der Waals surface area contributed by atoms with Gasteiger partial charge in [0, 0.05) is 68.0 Å². The Morgan fingerprint density at radius 1 is 0.100 bits per heavy atom. The average molecular weight is 1540 g/mol. The Kier molecular flexibility index (Phi) is 21.0. The van der Waals surface area contributed by atoms with E-state index in [2.05, 4.69) is 168 Å². The lowest BCUT2D eigenvalue weighted by Crippen LogP contribution is -1.99. The fraction of sp³-hybridized carbons (Fsp3) is 0. The number of nitrogens with zero attached hydrogens (tertiary/aromatic N) is 14. The molecule has 0 amide bonds. The zero-order chi connectivity index (χ0) is 80.2. The summed E-state index contributed by atoms with van der Waals surface area (Å²) in [7, 11) is 0. The Morgan fingerprint density at radius 3 is 0.625 bits per heavy atom. The van der Waals surface area contributed by atoms with Crippen LogP contribution in [0.25, 0.3) is 204 Å². The van der Waals surface area contributed by atoms with Crippen LogP contribution >= 0.6 is 0 Å². The van der Waals surface area contributed by atoms with Crippen molar-refractivity contribution in [1.82, 2.24) is 69.8 Å². The summed E-state index contributed by atoms with van der Waals surface area (Å²) in [6.07, 6.45) is 3.57. The van der Waals surface area contributed by atoms with Crippen LogP contribution in [0.4, 0.5) is 0 Å². The van der Waals surface area contributed by atoms with Crippen molar-refractivity contribution < 1.29 is 0 Å². The second kappa shape index (κ2) is 34.2. The molecule has 564 valence electrons. The lowest BCUT2D eigenvalue weighted by Gasteiger charge is -2.13. The summed E-state index contributed by atoms with van der Waals surface area (Å²) in [5.74, 6) is 2.56. The first-order valence-corrected chi connectivity index (χ1v) is 39.4. The third kappa shape index (κ3) is 16.7. The third-order valence-corrected chi connectivity index (χ3v) is 20.4. The molecule has 20 rings (SSSR count). The molecule has 0 bridgehead atoms. The zero-order valence-corrected chi connectivity index (χ0v) is 64.7. The quantitative estimate of drug-likeness (QED) is 0.0791. The maximum Gasteiger partial charge on any atom is 0.160 e. The van der Waals surface area contributed by atoms with Gasteiger partial charge in [-0.15, -0.1) is 0 Å². The van der Waals surface area contributed by atoms with Crippen molar-refractivity contribution in [3.63, 3.8) is 0 Å². The molecular formula is C106H70N14. The molecule has 10 aromatic carbocycles. The van der Waals surface area contributed by atoms with Gasteiger partial charge in [0.2, 0.25) is 0 Å². The first kappa shape index (κ1) is 73.6. The molecule has 14 nitrogen and oxygen atoms in total. The van der Waals surface area contributed by atoms with Crippen molar-refractivity contribution in [2.45, 2.75) is 0 Å². The Balaban J connectivity index is 0.000000159. The van der Waals surface area contributed by atoms with E-state index < -0.39 is 0 Å². The first-order chi connectivity index (χ1) is 59.4. The van der Waals surface area contributed by atoms with Crippen molar-refractivity contribution in [3.05, 3.63) is 425 Å². The van der Waals surface area contributed by atoms with Crippen LogP contribution in [0.3, 0.4) is 0 Å². The van der Waals surface area contributed by atoms with Crippen LogP contribution < -0.4 is 0 Å². The number of hydrogen-bond acceptors (Lipinski definition) is 14. The highest BCUT2D eigenvalue weighted by atomic mass is 14.9. The Labute approximate surface area is 694 Å². The zero-order valence-electron chi connectivity index (χ0n) is 64.7. The molecule has 0 atom stereocenters. The van der Waals surface area contributed by atoms with Crippen LogP contribution in [0.2, 0.25) is 0 Å². The molecule has 14 heteroatoms. The summed E-state index contributed by atoms with van der Waals surface area (Å²) in [5.41, 5.74) is 27.5. The van der Waals surface area contributed by atoms with Crippen LogP contribution in [-0.2, 0) is 0 Å². The van der Waals surface area contributed by atoms with E-state index in [1.165, 1.54) is 0 Å². The predicted octanol–water partition coefficient (Wildman–Crippen LogP) is 24.9. The normalized spacial score (nSPS) is 11.0. The monoisotopic (exact) mass is 1540 g/mol. The van der Waals surface area contributed by atoms with Gasteiger partial charge in [-0.05, 0) is 125 Å². The van der Waals surface area contributed by atoms with E-state index in [-0.39, 0.29) is 0 Å². The summed E-state index contributed by atoms with van der Waals surface area (Å²) in [6.45, 7) is 0. The van der Waals surface area contributed by atoms with Crippen molar-refractivity contribution in [2.75, 3.05) is 0 Å². The van der Waals surface area contributed by atoms with Gasteiger partial charge in [-0.3, -0.25) is 9.97 Å². The molecule has 20 aromatic rings. The molecule has 0 unspecified atom stereocenters. The fourth-order valence-electron chi connectivity index (χ4n) is 14.3. The summed E-state index contributed by atoms with van der Waals surface area (Å²) in [6, 6.07) is 138. The maximum absolute atomic E-state index is 5.20. The molecule has 0 aliphatic heterocycles. The number of aromatic nitrogens is 14. The molecule has 0 fully saturated rings. The number of pyridine rings is 6. The van der Waals surface area contributed by atoms with Gasteiger partial charge in [0.15, 0.2) is 23.3 Å². The van der Waals surface area contributed by atoms with Crippen LogP contribution in [0.15, 0.2) is 425 Å². The van der Waals surface area contributed by atoms with Gasteiger partial charge >= 0.3 is 0 Å². The minimum Gasteiger partial charge on any atom is -0.255 e. The SMILES string of the molecule is c1ccc(-c2cc(-c3ccccc3)nc(-c3ccc(-c4cc(-c5ccccn5)nc(-c5cccc(-c6cc(-c7ccccc7)nc(-c7ccccc7)n6)n5)c4)cc3)n2)cc1.c1ccc(-c2cc(-c3ccccc3)nc(-c3cccc(-c4cc(-c5ccccn5)nc(-c5cccc(-c6cc(-c7ccccc7)nc(-c7ccccc7)n6)n5)c4)c3)n2)cc1. The van der Waals surface area contributed by atoms with Gasteiger partial charge in [-0.25, -0.2) is 59.8 Å². The Bertz CT molecular complexity index is 6550. The summed E-state index contributed by atoms with van der Waals surface area (Å²) < 4.78 is 0. The van der Waals surface area contributed by atoms with Crippen molar-refractivity contribution in [1.29, 1.82) is 0 Å². The minimum atomic E-state index is 0.630. The van der Waals surface area contributed by atoms with Crippen LogP contribution in [-0.4, -0.2) is 69.8 Å². The topological polar surface area (TPSA) is 180 Å². The van der Waals surface area contributed by atoms with Gasteiger partial charge in [-0.1, -0.05) is 309 Å². The van der Waals surface area contributed by atoms with E-state index in [1.54, 1.807) is 12.4 Å². The molecule has 120 heavy (non-hydrogen) atoms. The largest absolute Gasteiger partial charge is 0.255 e. The van der Waals surface area contributed by atoms with Gasteiger partial charge < -0.3 is 0 Å². The maximum atomic E-state index is 5.20. The third-order valence-electron chi connectivity index (χ3n) is 20.4. The molecule has 0 aliphatic rings. The highest BCUT2D eigenvalue weighted by Gasteiger charge is 2.21. The smallest absolute Gasteiger partial charge is 0.160 e. The van der Waals surface area contributed by atoms with Gasteiger partial charge in [0.05, 0.1) is 102 Å². The second-order valence-electron chi connectivity index (χ2n) is 28.4. The summed E-state index contributed by atoms with van der Waals surface area (Å²) in [5, 5.41) is 0. The molecule has 0 saturated carbocycles. The minimum absolute atomic E-state index is 0.630. The number of benzene rings is 10. The van der Waals surface area contributed by atoms with Gasteiger partial charge in [0.25, 0.3) is 0 Å². The number of rotatable bonds is 18. The average Bonchev–Trinajstić information content (AvgIpc) is 0.781. The molecule has 0 saturated heterocycles. The van der Waals surface area contributed by atoms with Crippen LogP contribution in [0.5, 0.6) is 0 Å². The summed E-state index contributed by atoms with van der Waals surface area (Å²) >= 11 is 0. The van der Waals surface area contributed by atoms with E-state index >= 15 is 0 Å². The predicted molar refractivity (Wildman–Crippen MR) is 480 cm³/mol. The van der Waals surface area contributed by atoms with Crippen molar-refractivity contribution in [3.8, 4) is 204 Å². The fourth-order valence-corrected chi connectivity index (χ4v) is 14.3. The van der Waals surface area contributed by atoms with Crippen molar-refractivity contribution >= 4 is 0 Å². The molecular weight excluding hydrogens is 1470 g/mol. The molecule has 10 heterocycles. The van der Waals surface area contributed by atoms with E-state index in [9.17, 15) is 0 Å². The standard InChI is InChI=1S/2C53H35N7/c1-5-17-36(18-6-1)46-34-47(37-19-7-2-8-20-37)59-53(58-46)41-26-15-25-40(31-41)42-32-49(43-27-13-14-30-54-43)56-50(33-42)44-28-16-29-45(55-44)51-35-48(38-21-9-3-10-22-38)57-52(60-51)39-23-11-4-12-24-39;1-5-16-37(17-6-1)46-34-47(38-18-7-2-8-19-38)58-53(57-46)41-29-27-36(28-30-41)42-32-49(43-24-13-14-31-54-43)56-50(33-42)44-25-15-26-45(55-44)51-35-48(39-20-9-3-10-21-39)59-52(60-51)40-22-11-4-12-23-40/h2*1-35H. The van der Waals surface area contributed by atoms with Crippen LogP contribution in [0, 0.1) is 0 Å². The highest BCUT2D eigenvalue weighted by Crippen LogP contribution is 2.38. The molecule has 0 radical (unpaired) electrons. The van der Waals surface area contributed by atoms with E-state index in [1.807, 2.05) is 255 Å². The number of hydrogen-bond donors (Lipinski definition) is 0. The highest BCUT2D eigenvalue weighted by molar-refractivity contribution is 5.83. The lowest BCUT2D eigenvalue weighted by molar-refractivity contribution is 1.16. The molecule has 0 aliphatic carbocycles. The van der Waals surface area contributed by atoms with Gasteiger partial charge in [-0.2, -0.15) is 0 Å². The molecule has 10 aromatic heterocycles. The van der Waals surface area contributed by atoms with Crippen LogP contribution in [0.1, 0.15) is 0 Å². The Morgan fingerprint density at radius 2 is 0.308 bits per heavy atom. The second-order valence-corrected chi connectivity index (χ2v) is 28.4. The Hall–Kier alpha value is -16.6. The summed E-state index contributed by atoms with van der Waals surface area (Å²) in [4.78, 5) is 70.3. The van der Waals surface area contributed by atoms with Crippen molar-refractivity contribution in [2.24, 2.45) is 0 Å². The molecule has 0 N–H and O–H groups in total. The van der Waals surface area contributed by atoms with E-state index in [0.717, 1.165) is 141 Å². The lowest BCUT2D eigenvalue weighted by atomic mass is 10.00.